The van der Waals surface area contributed by atoms with Crippen molar-refractivity contribution in [3.05, 3.63) is 0 Å². The molecule has 0 fully saturated rings. The topological polar surface area (TPSA) is 18.5 Å². The molecule has 0 saturated heterocycles. The molecule has 0 spiro atoms. The van der Waals surface area contributed by atoms with Crippen molar-refractivity contribution >= 4 is 25.3 Å². The molecule has 0 aliphatic rings. The van der Waals surface area contributed by atoms with Gasteiger partial charge in [-0.25, -0.2) is 0 Å². The third-order valence-corrected chi connectivity index (χ3v) is 2.91. The summed E-state index contributed by atoms with van der Waals surface area (Å²) in [6.45, 7) is 1.29. The first-order valence-electron chi connectivity index (χ1n) is 3.44. The number of rotatable bonds is 6. The van der Waals surface area contributed by atoms with E-state index in [1.54, 1.807) is 14.2 Å². The first-order chi connectivity index (χ1) is 5.24. The standard InChI is InChI=1S/C7H16O2S2/c1-8-3-7(5-10,6-11)4-9-2/h10-11H,3-6H2,1-2H3. The first kappa shape index (κ1) is 11.6. The van der Waals surface area contributed by atoms with E-state index in [4.69, 9.17) is 9.47 Å². The molecule has 0 unspecified atom stereocenters. The molecular formula is C7H16O2S2. The molecule has 0 aromatic rings. The molecule has 0 aliphatic heterocycles. The van der Waals surface area contributed by atoms with Gasteiger partial charge in [-0.3, -0.25) is 0 Å². The fraction of sp³-hybridized carbons (Fsp3) is 1.00. The molecule has 0 amide bonds. The van der Waals surface area contributed by atoms with Crippen molar-refractivity contribution < 1.29 is 9.47 Å². The van der Waals surface area contributed by atoms with E-state index in [1.165, 1.54) is 0 Å². The number of methoxy groups -OCH3 is 2. The van der Waals surface area contributed by atoms with Gasteiger partial charge >= 0.3 is 0 Å². The Morgan fingerprint density at radius 1 is 1.00 bits per heavy atom. The van der Waals surface area contributed by atoms with Crippen LogP contribution in [-0.2, 0) is 9.47 Å². The molecule has 0 saturated carbocycles. The molecule has 0 atom stereocenters. The number of hydrogen-bond donors (Lipinski definition) is 2. The van der Waals surface area contributed by atoms with Crippen LogP contribution in [-0.4, -0.2) is 38.9 Å². The van der Waals surface area contributed by atoms with Crippen molar-refractivity contribution in [2.45, 2.75) is 0 Å². The van der Waals surface area contributed by atoms with Gasteiger partial charge in [-0.15, -0.1) is 0 Å². The van der Waals surface area contributed by atoms with Crippen LogP contribution < -0.4 is 0 Å². The number of thiol groups is 2. The number of hydrogen-bond acceptors (Lipinski definition) is 4. The van der Waals surface area contributed by atoms with E-state index in [0.29, 0.717) is 13.2 Å². The summed E-state index contributed by atoms with van der Waals surface area (Å²) < 4.78 is 10.1. The second kappa shape index (κ2) is 6.17. The molecule has 0 aliphatic carbocycles. The van der Waals surface area contributed by atoms with Crippen LogP contribution in [0.3, 0.4) is 0 Å². The minimum absolute atomic E-state index is 0.0320. The fourth-order valence-electron chi connectivity index (χ4n) is 0.887. The highest BCUT2D eigenvalue weighted by atomic mass is 32.1. The van der Waals surface area contributed by atoms with Gasteiger partial charge in [0.05, 0.1) is 13.2 Å². The molecule has 0 bridgehead atoms. The Hall–Kier alpha value is 0.620. The highest BCUT2D eigenvalue weighted by molar-refractivity contribution is 7.81. The van der Waals surface area contributed by atoms with E-state index < -0.39 is 0 Å². The van der Waals surface area contributed by atoms with Gasteiger partial charge < -0.3 is 9.47 Å². The van der Waals surface area contributed by atoms with E-state index >= 15 is 0 Å². The van der Waals surface area contributed by atoms with Crippen LogP contribution in [0.5, 0.6) is 0 Å². The Bertz CT molecular complexity index is 86.4. The van der Waals surface area contributed by atoms with Crippen LogP contribution in [0.2, 0.25) is 0 Å². The lowest BCUT2D eigenvalue weighted by Gasteiger charge is -2.28. The van der Waals surface area contributed by atoms with Crippen molar-refractivity contribution in [2.24, 2.45) is 5.41 Å². The lowest BCUT2D eigenvalue weighted by atomic mass is 9.95. The van der Waals surface area contributed by atoms with E-state index in [0.717, 1.165) is 11.5 Å². The minimum Gasteiger partial charge on any atom is -0.384 e. The molecular weight excluding hydrogens is 180 g/mol. The maximum Gasteiger partial charge on any atom is 0.0556 e. The van der Waals surface area contributed by atoms with Gasteiger partial charge in [-0.1, -0.05) is 0 Å². The summed E-state index contributed by atoms with van der Waals surface area (Å²) in [5, 5.41) is 0. The third-order valence-electron chi connectivity index (χ3n) is 1.57. The van der Waals surface area contributed by atoms with Crippen LogP contribution >= 0.6 is 25.3 Å². The maximum absolute atomic E-state index is 5.06. The second-order valence-corrected chi connectivity index (χ2v) is 3.31. The Balaban J connectivity index is 3.96. The summed E-state index contributed by atoms with van der Waals surface area (Å²) in [6, 6.07) is 0. The van der Waals surface area contributed by atoms with Crippen LogP contribution in [0.1, 0.15) is 0 Å². The minimum atomic E-state index is -0.0320. The summed E-state index contributed by atoms with van der Waals surface area (Å²) >= 11 is 8.48. The molecule has 0 heterocycles. The Morgan fingerprint density at radius 3 is 1.55 bits per heavy atom. The Kier molecular flexibility index (Phi) is 6.52. The zero-order valence-electron chi connectivity index (χ0n) is 7.04. The first-order valence-corrected chi connectivity index (χ1v) is 4.71. The second-order valence-electron chi connectivity index (χ2n) is 2.68. The summed E-state index contributed by atoms with van der Waals surface area (Å²) in [7, 11) is 3.36. The summed E-state index contributed by atoms with van der Waals surface area (Å²) in [5.74, 6) is 1.47. The van der Waals surface area contributed by atoms with Crippen LogP contribution in [0.4, 0.5) is 0 Å². The van der Waals surface area contributed by atoms with Gasteiger partial charge in [0.25, 0.3) is 0 Å². The third kappa shape index (κ3) is 3.69. The van der Waals surface area contributed by atoms with Gasteiger partial charge in [0.15, 0.2) is 0 Å². The molecule has 0 aromatic carbocycles. The highest BCUT2D eigenvalue weighted by Crippen LogP contribution is 2.21. The van der Waals surface area contributed by atoms with Gasteiger partial charge in [-0.05, 0) is 0 Å². The predicted molar refractivity (Wildman–Crippen MR) is 53.9 cm³/mol. The maximum atomic E-state index is 5.06. The van der Waals surface area contributed by atoms with Crippen LogP contribution in [0, 0.1) is 5.41 Å². The van der Waals surface area contributed by atoms with Gasteiger partial charge in [0, 0.05) is 31.1 Å². The monoisotopic (exact) mass is 196 g/mol. The quantitative estimate of drug-likeness (QED) is 0.620. The van der Waals surface area contributed by atoms with Crippen LogP contribution in [0.25, 0.3) is 0 Å². The zero-order valence-corrected chi connectivity index (χ0v) is 8.83. The van der Waals surface area contributed by atoms with Crippen LogP contribution in [0.15, 0.2) is 0 Å². The molecule has 0 rings (SSSR count). The average molecular weight is 196 g/mol. The van der Waals surface area contributed by atoms with E-state index in [2.05, 4.69) is 25.3 Å². The molecule has 0 aromatic heterocycles. The predicted octanol–water partition coefficient (Wildman–Crippen LogP) is 1.13. The molecule has 68 valence electrons. The zero-order chi connectivity index (χ0) is 8.74. The van der Waals surface area contributed by atoms with Crippen molar-refractivity contribution in [1.82, 2.24) is 0 Å². The Labute approximate surface area is 79.5 Å². The summed E-state index contributed by atoms with van der Waals surface area (Å²) in [5.41, 5.74) is -0.0320. The van der Waals surface area contributed by atoms with Crippen molar-refractivity contribution in [3.63, 3.8) is 0 Å². The molecule has 0 N–H and O–H groups in total. The fourth-order valence-corrected chi connectivity index (χ4v) is 1.65. The van der Waals surface area contributed by atoms with Crippen molar-refractivity contribution in [1.29, 1.82) is 0 Å². The van der Waals surface area contributed by atoms with E-state index in [-0.39, 0.29) is 5.41 Å². The summed E-state index contributed by atoms with van der Waals surface area (Å²) in [4.78, 5) is 0. The molecule has 4 heteroatoms. The highest BCUT2D eigenvalue weighted by Gasteiger charge is 2.26. The Morgan fingerprint density at radius 2 is 1.36 bits per heavy atom. The molecule has 2 nitrogen and oxygen atoms in total. The summed E-state index contributed by atoms with van der Waals surface area (Å²) in [6.07, 6.45) is 0. The lowest BCUT2D eigenvalue weighted by Crippen LogP contribution is -2.35. The molecule has 0 radical (unpaired) electrons. The van der Waals surface area contributed by atoms with Crippen molar-refractivity contribution in [2.75, 3.05) is 38.9 Å². The van der Waals surface area contributed by atoms with Gasteiger partial charge in [-0.2, -0.15) is 25.3 Å². The van der Waals surface area contributed by atoms with E-state index in [1.807, 2.05) is 0 Å². The van der Waals surface area contributed by atoms with E-state index in [9.17, 15) is 0 Å². The van der Waals surface area contributed by atoms with Crippen molar-refractivity contribution in [3.8, 4) is 0 Å². The lowest BCUT2D eigenvalue weighted by molar-refractivity contribution is 0.0405. The largest absolute Gasteiger partial charge is 0.384 e. The van der Waals surface area contributed by atoms with Gasteiger partial charge in [0.2, 0.25) is 0 Å². The normalized spacial score (nSPS) is 12.0. The molecule has 11 heavy (non-hydrogen) atoms. The van der Waals surface area contributed by atoms with Gasteiger partial charge in [0.1, 0.15) is 0 Å². The smallest absolute Gasteiger partial charge is 0.0556 e. The average Bonchev–Trinajstić information content (AvgIpc) is 2.04. The number of ether oxygens (including phenoxy) is 2. The SMILES string of the molecule is COCC(CS)(CS)COC.